The summed E-state index contributed by atoms with van der Waals surface area (Å²) in [5.74, 6) is 0.420. The van der Waals surface area contributed by atoms with Gasteiger partial charge in [0.05, 0.1) is 28.2 Å². The van der Waals surface area contributed by atoms with Crippen molar-refractivity contribution in [2.75, 3.05) is 0 Å². The van der Waals surface area contributed by atoms with Gasteiger partial charge in [0.25, 0.3) is 5.91 Å². The molecule has 3 aromatic rings. The molecule has 0 aliphatic heterocycles. The van der Waals surface area contributed by atoms with E-state index in [4.69, 9.17) is 11.6 Å². The van der Waals surface area contributed by atoms with Gasteiger partial charge in [0.15, 0.2) is 0 Å². The van der Waals surface area contributed by atoms with Gasteiger partial charge >= 0.3 is 0 Å². The molecular weight excluding hydrogens is 276 g/mol. The van der Waals surface area contributed by atoms with E-state index in [1.807, 2.05) is 24.3 Å². The van der Waals surface area contributed by atoms with Crippen LogP contribution in [-0.2, 0) is 6.54 Å². The first-order chi connectivity index (χ1) is 9.74. The van der Waals surface area contributed by atoms with Crippen LogP contribution >= 0.6 is 11.6 Å². The highest BCUT2D eigenvalue weighted by molar-refractivity contribution is 6.33. The highest BCUT2D eigenvalue weighted by atomic mass is 35.5. The lowest BCUT2D eigenvalue weighted by Gasteiger charge is -2.04. The summed E-state index contributed by atoms with van der Waals surface area (Å²) in [6.07, 6.45) is 2.98. The zero-order chi connectivity index (χ0) is 13.9. The quantitative estimate of drug-likeness (QED) is 0.777. The Kier molecular flexibility index (Phi) is 3.35. The number of benzene rings is 1. The highest BCUT2D eigenvalue weighted by Crippen LogP contribution is 2.14. The predicted octanol–water partition coefficient (Wildman–Crippen LogP) is 2.54. The second-order valence-corrected chi connectivity index (χ2v) is 4.65. The molecule has 0 unspecified atom stereocenters. The van der Waals surface area contributed by atoms with E-state index in [9.17, 15) is 4.79 Å². The Labute approximate surface area is 120 Å². The number of pyridine rings is 1. The van der Waals surface area contributed by atoms with Gasteiger partial charge in [-0.05, 0) is 18.2 Å². The van der Waals surface area contributed by atoms with Crippen molar-refractivity contribution in [2.24, 2.45) is 0 Å². The van der Waals surface area contributed by atoms with Crippen molar-refractivity contribution in [3.8, 4) is 0 Å². The number of nitrogens with zero attached hydrogens (tertiary/aromatic N) is 2. The zero-order valence-corrected chi connectivity index (χ0v) is 11.2. The van der Waals surface area contributed by atoms with Crippen molar-refractivity contribution in [1.82, 2.24) is 20.3 Å². The summed E-state index contributed by atoms with van der Waals surface area (Å²) in [4.78, 5) is 23.4. The lowest BCUT2D eigenvalue weighted by molar-refractivity contribution is 0.0950. The largest absolute Gasteiger partial charge is 0.345 e. The fourth-order valence-corrected chi connectivity index (χ4v) is 2.08. The molecule has 0 saturated heterocycles. The third-order valence-electron chi connectivity index (χ3n) is 2.87. The normalized spacial score (nSPS) is 10.7. The van der Waals surface area contributed by atoms with Gasteiger partial charge in [-0.15, -0.1) is 0 Å². The number of carbonyl (C=O) groups excluding carboxylic acids is 1. The molecule has 2 aromatic heterocycles. The molecule has 100 valence electrons. The number of amides is 1. The van der Waals surface area contributed by atoms with Gasteiger partial charge in [0.1, 0.15) is 5.82 Å². The number of fused-ring (bicyclic) bond motifs is 1. The SMILES string of the molecule is O=C(NCc1nc2ccccc2[nH]1)c1cnccc1Cl. The third kappa shape index (κ3) is 2.48. The van der Waals surface area contributed by atoms with Crippen LogP contribution in [0.15, 0.2) is 42.7 Å². The Balaban J connectivity index is 1.73. The van der Waals surface area contributed by atoms with Crippen molar-refractivity contribution < 1.29 is 4.79 Å². The number of aromatic amines is 1. The van der Waals surface area contributed by atoms with Crippen LogP contribution < -0.4 is 5.32 Å². The van der Waals surface area contributed by atoms with Gasteiger partial charge in [-0.3, -0.25) is 9.78 Å². The second-order valence-electron chi connectivity index (χ2n) is 4.24. The molecule has 6 heteroatoms. The van der Waals surface area contributed by atoms with E-state index in [1.165, 1.54) is 6.20 Å². The van der Waals surface area contributed by atoms with E-state index < -0.39 is 0 Å². The molecular formula is C14H11ClN4O. The molecule has 1 amide bonds. The molecule has 1 aromatic carbocycles. The van der Waals surface area contributed by atoms with Gasteiger partial charge in [-0.2, -0.15) is 0 Å². The van der Waals surface area contributed by atoms with Crippen LogP contribution in [0.5, 0.6) is 0 Å². The maximum Gasteiger partial charge on any atom is 0.254 e. The number of carbonyl (C=O) groups is 1. The van der Waals surface area contributed by atoms with E-state index in [2.05, 4.69) is 20.3 Å². The molecule has 20 heavy (non-hydrogen) atoms. The summed E-state index contributed by atoms with van der Waals surface area (Å²) in [5.41, 5.74) is 2.16. The molecule has 2 N–H and O–H groups in total. The number of hydrogen-bond acceptors (Lipinski definition) is 3. The molecule has 0 spiro atoms. The molecule has 5 nitrogen and oxygen atoms in total. The van der Waals surface area contributed by atoms with Crippen molar-refractivity contribution in [3.63, 3.8) is 0 Å². The second kappa shape index (κ2) is 5.30. The maximum atomic E-state index is 12.0. The fraction of sp³-hybridized carbons (Fsp3) is 0.0714. The number of para-hydroxylation sites is 2. The highest BCUT2D eigenvalue weighted by Gasteiger charge is 2.10. The summed E-state index contributed by atoms with van der Waals surface area (Å²) in [6.45, 7) is 0.304. The van der Waals surface area contributed by atoms with Crippen LogP contribution in [0.25, 0.3) is 11.0 Å². The van der Waals surface area contributed by atoms with E-state index in [-0.39, 0.29) is 5.91 Å². The van der Waals surface area contributed by atoms with E-state index in [0.29, 0.717) is 23.0 Å². The minimum absolute atomic E-state index is 0.274. The van der Waals surface area contributed by atoms with Crippen LogP contribution in [0, 0.1) is 0 Å². The minimum atomic E-state index is -0.274. The fourth-order valence-electron chi connectivity index (χ4n) is 1.89. The topological polar surface area (TPSA) is 70.7 Å². The zero-order valence-electron chi connectivity index (χ0n) is 10.4. The van der Waals surface area contributed by atoms with Crippen molar-refractivity contribution in [1.29, 1.82) is 0 Å². The average molecular weight is 287 g/mol. The summed E-state index contributed by atoms with van der Waals surface area (Å²) in [5, 5.41) is 3.14. The average Bonchev–Trinajstić information content (AvgIpc) is 2.88. The Morgan fingerprint density at radius 1 is 1.30 bits per heavy atom. The molecule has 0 bridgehead atoms. The molecule has 0 fully saturated rings. The van der Waals surface area contributed by atoms with Gasteiger partial charge in [-0.25, -0.2) is 4.98 Å². The van der Waals surface area contributed by atoms with Crippen molar-refractivity contribution >= 4 is 28.5 Å². The summed E-state index contributed by atoms with van der Waals surface area (Å²) >= 11 is 5.94. The first-order valence-electron chi connectivity index (χ1n) is 6.05. The number of hydrogen-bond donors (Lipinski definition) is 2. The summed E-state index contributed by atoms with van der Waals surface area (Å²) in [6, 6.07) is 9.28. The molecule has 3 rings (SSSR count). The molecule has 0 aliphatic rings. The molecule has 2 heterocycles. The number of rotatable bonds is 3. The van der Waals surface area contributed by atoms with Crippen LogP contribution in [0.3, 0.4) is 0 Å². The molecule has 0 radical (unpaired) electrons. The number of H-pyrrole nitrogens is 1. The van der Waals surface area contributed by atoms with Crippen molar-refractivity contribution in [2.45, 2.75) is 6.54 Å². The predicted molar refractivity (Wildman–Crippen MR) is 76.5 cm³/mol. The smallest absolute Gasteiger partial charge is 0.254 e. The number of nitrogens with one attached hydrogen (secondary N) is 2. The van der Waals surface area contributed by atoms with Gasteiger partial charge in [0.2, 0.25) is 0 Å². The van der Waals surface area contributed by atoms with Gasteiger partial charge < -0.3 is 10.3 Å². The minimum Gasteiger partial charge on any atom is -0.345 e. The number of aromatic nitrogens is 3. The third-order valence-corrected chi connectivity index (χ3v) is 3.20. The summed E-state index contributed by atoms with van der Waals surface area (Å²) in [7, 11) is 0. The van der Waals surface area contributed by atoms with Crippen LogP contribution in [0.2, 0.25) is 5.02 Å². The summed E-state index contributed by atoms with van der Waals surface area (Å²) < 4.78 is 0. The molecule has 0 aliphatic carbocycles. The maximum absolute atomic E-state index is 12.0. The van der Waals surface area contributed by atoms with E-state index in [1.54, 1.807) is 12.3 Å². The van der Waals surface area contributed by atoms with E-state index in [0.717, 1.165) is 11.0 Å². The Morgan fingerprint density at radius 3 is 2.95 bits per heavy atom. The molecule has 0 atom stereocenters. The lowest BCUT2D eigenvalue weighted by Crippen LogP contribution is -2.23. The van der Waals surface area contributed by atoms with E-state index >= 15 is 0 Å². The van der Waals surface area contributed by atoms with Crippen molar-refractivity contribution in [3.05, 3.63) is 59.1 Å². The monoisotopic (exact) mass is 286 g/mol. The van der Waals surface area contributed by atoms with Gasteiger partial charge in [0, 0.05) is 12.4 Å². The van der Waals surface area contributed by atoms with Crippen LogP contribution in [0.4, 0.5) is 0 Å². The standard InChI is InChI=1S/C14H11ClN4O/c15-10-5-6-16-7-9(10)14(20)17-8-13-18-11-3-1-2-4-12(11)19-13/h1-7H,8H2,(H,17,20)(H,18,19). The van der Waals surface area contributed by atoms with Crippen LogP contribution in [0.1, 0.15) is 16.2 Å². The lowest BCUT2D eigenvalue weighted by atomic mass is 10.2. The Bertz CT molecular complexity index is 735. The number of halogens is 1. The first-order valence-corrected chi connectivity index (χ1v) is 6.43. The first kappa shape index (κ1) is 12.6. The number of imidazole rings is 1. The Hall–Kier alpha value is -2.40. The Morgan fingerprint density at radius 2 is 2.15 bits per heavy atom. The van der Waals surface area contributed by atoms with Crippen LogP contribution in [-0.4, -0.2) is 20.9 Å². The molecule has 0 saturated carbocycles. The van der Waals surface area contributed by atoms with Gasteiger partial charge in [-0.1, -0.05) is 23.7 Å².